The van der Waals surface area contributed by atoms with Gasteiger partial charge in [-0.25, -0.2) is 0 Å². The predicted molar refractivity (Wildman–Crippen MR) is 84.2 cm³/mol. The third kappa shape index (κ3) is 3.74. The number of likely N-dealkylation sites (tertiary alicyclic amines) is 1. The molecule has 3 nitrogen and oxygen atoms in total. The maximum atomic E-state index is 5.44. The summed E-state index contributed by atoms with van der Waals surface area (Å²) < 4.78 is 5.44. The van der Waals surface area contributed by atoms with Crippen molar-refractivity contribution in [3.63, 3.8) is 0 Å². The zero-order chi connectivity index (χ0) is 14.5. The fourth-order valence-electron chi connectivity index (χ4n) is 2.98. The molecule has 1 aromatic carbocycles. The highest BCUT2D eigenvalue weighted by Gasteiger charge is 2.24. The first-order valence-electron chi connectivity index (χ1n) is 7.72. The lowest BCUT2D eigenvalue weighted by atomic mass is 10.0. The first-order chi connectivity index (χ1) is 9.61. The average molecular weight is 276 g/mol. The lowest BCUT2D eigenvalue weighted by Gasteiger charge is -2.22. The highest BCUT2D eigenvalue weighted by molar-refractivity contribution is 5.35. The van der Waals surface area contributed by atoms with E-state index in [0.717, 1.165) is 18.2 Å². The number of nitrogens with one attached hydrogen (secondary N) is 1. The Balaban J connectivity index is 1.85. The van der Waals surface area contributed by atoms with Gasteiger partial charge in [0.25, 0.3) is 0 Å². The molecule has 112 valence electrons. The van der Waals surface area contributed by atoms with Gasteiger partial charge in [0.05, 0.1) is 7.11 Å². The van der Waals surface area contributed by atoms with Gasteiger partial charge in [-0.1, -0.05) is 18.2 Å². The van der Waals surface area contributed by atoms with Crippen molar-refractivity contribution in [2.75, 3.05) is 26.7 Å². The molecule has 1 N–H and O–H groups in total. The molecular formula is C17H28N2O. The molecule has 0 aliphatic carbocycles. The van der Waals surface area contributed by atoms with E-state index in [9.17, 15) is 0 Å². The van der Waals surface area contributed by atoms with Crippen LogP contribution < -0.4 is 10.1 Å². The molecule has 1 heterocycles. The molecule has 1 aromatic rings. The van der Waals surface area contributed by atoms with Crippen LogP contribution in [0.5, 0.6) is 5.75 Å². The van der Waals surface area contributed by atoms with Gasteiger partial charge in [0.2, 0.25) is 0 Å². The molecule has 0 amide bonds. The first kappa shape index (κ1) is 15.3. The van der Waals surface area contributed by atoms with E-state index < -0.39 is 0 Å². The van der Waals surface area contributed by atoms with Crippen molar-refractivity contribution in [3.8, 4) is 5.75 Å². The molecule has 0 saturated carbocycles. The van der Waals surface area contributed by atoms with Crippen LogP contribution in [0.15, 0.2) is 24.3 Å². The Kier molecular flexibility index (Phi) is 5.44. The molecule has 3 heteroatoms. The smallest absolute Gasteiger partial charge is 0.123 e. The summed E-state index contributed by atoms with van der Waals surface area (Å²) in [6.07, 6.45) is 1.31. The van der Waals surface area contributed by atoms with Crippen LogP contribution in [0, 0.1) is 5.92 Å². The molecule has 2 rings (SSSR count). The third-order valence-electron chi connectivity index (χ3n) is 4.37. The van der Waals surface area contributed by atoms with Crippen LogP contribution in [-0.4, -0.2) is 37.7 Å². The summed E-state index contributed by atoms with van der Waals surface area (Å²) in [5.41, 5.74) is 1.24. The third-order valence-corrected chi connectivity index (χ3v) is 4.37. The van der Waals surface area contributed by atoms with Crippen LogP contribution in [0.25, 0.3) is 0 Å². The predicted octanol–water partition coefficient (Wildman–Crippen LogP) is 3.08. The first-order valence-corrected chi connectivity index (χ1v) is 7.72. The van der Waals surface area contributed by atoms with E-state index >= 15 is 0 Å². The molecule has 1 aliphatic heterocycles. The molecule has 0 bridgehead atoms. The fourth-order valence-corrected chi connectivity index (χ4v) is 2.98. The summed E-state index contributed by atoms with van der Waals surface area (Å²) in [5, 5.41) is 3.67. The quantitative estimate of drug-likeness (QED) is 0.864. The van der Waals surface area contributed by atoms with Crippen LogP contribution in [0.2, 0.25) is 0 Å². The minimum Gasteiger partial charge on any atom is -0.496 e. The highest BCUT2D eigenvalue weighted by Crippen LogP contribution is 2.25. The summed E-state index contributed by atoms with van der Waals surface area (Å²) in [6, 6.07) is 9.28. The van der Waals surface area contributed by atoms with Gasteiger partial charge >= 0.3 is 0 Å². The Labute approximate surface area is 123 Å². The molecule has 0 radical (unpaired) electrons. The molecule has 0 spiro atoms. The largest absolute Gasteiger partial charge is 0.496 e. The van der Waals surface area contributed by atoms with Gasteiger partial charge in [0.1, 0.15) is 5.75 Å². The van der Waals surface area contributed by atoms with Crippen molar-refractivity contribution in [1.82, 2.24) is 10.2 Å². The number of benzene rings is 1. The number of hydrogen-bond donors (Lipinski definition) is 1. The molecule has 20 heavy (non-hydrogen) atoms. The Hall–Kier alpha value is -1.06. The summed E-state index contributed by atoms with van der Waals surface area (Å²) in [4.78, 5) is 2.57. The van der Waals surface area contributed by atoms with Gasteiger partial charge in [-0.15, -0.1) is 0 Å². The molecule has 1 fully saturated rings. The monoisotopic (exact) mass is 276 g/mol. The summed E-state index contributed by atoms with van der Waals surface area (Å²) in [7, 11) is 1.74. The zero-order valence-corrected chi connectivity index (χ0v) is 13.2. The second kappa shape index (κ2) is 7.09. The highest BCUT2D eigenvalue weighted by atomic mass is 16.5. The normalized spacial score (nSPS) is 21.4. The average Bonchev–Trinajstić information content (AvgIpc) is 2.94. The maximum absolute atomic E-state index is 5.44. The van der Waals surface area contributed by atoms with Crippen molar-refractivity contribution >= 4 is 0 Å². The summed E-state index contributed by atoms with van der Waals surface area (Å²) in [6.45, 7) is 10.3. The van der Waals surface area contributed by atoms with E-state index in [1.165, 1.54) is 25.1 Å². The topological polar surface area (TPSA) is 24.5 Å². The second-order valence-electron chi connectivity index (χ2n) is 6.12. The fraction of sp³-hybridized carbons (Fsp3) is 0.647. The van der Waals surface area contributed by atoms with E-state index in [2.05, 4.69) is 43.1 Å². The van der Waals surface area contributed by atoms with E-state index in [4.69, 9.17) is 4.74 Å². The number of hydrogen-bond acceptors (Lipinski definition) is 3. The maximum Gasteiger partial charge on any atom is 0.123 e. The lowest BCUT2D eigenvalue weighted by molar-refractivity contribution is 0.263. The van der Waals surface area contributed by atoms with Crippen LogP contribution >= 0.6 is 0 Å². The van der Waals surface area contributed by atoms with E-state index in [0.29, 0.717) is 12.1 Å². The van der Waals surface area contributed by atoms with Crippen LogP contribution in [-0.2, 0) is 0 Å². The second-order valence-corrected chi connectivity index (χ2v) is 6.12. The Morgan fingerprint density at radius 3 is 2.70 bits per heavy atom. The van der Waals surface area contributed by atoms with Crippen molar-refractivity contribution in [1.29, 1.82) is 0 Å². The molecule has 1 aliphatic rings. The molecular weight excluding hydrogens is 248 g/mol. The van der Waals surface area contributed by atoms with Crippen LogP contribution in [0.4, 0.5) is 0 Å². The minimum atomic E-state index is 0.333. The Bertz CT molecular complexity index is 419. The summed E-state index contributed by atoms with van der Waals surface area (Å²) >= 11 is 0. The van der Waals surface area contributed by atoms with Crippen molar-refractivity contribution < 1.29 is 4.74 Å². The van der Waals surface area contributed by atoms with Crippen LogP contribution in [0.1, 0.15) is 38.8 Å². The summed E-state index contributed by atoms with van der Waals surface area (Å²) in [5.74, 6) is 1.75. The minimum absolute atomic E-state index is 0.333. The van der Waals surface area contributed by atoms with E-state index in [1.807, 2.05) is 12.1 Å². The number of ether oxygens (including phenoxy) is 1. The van der Waals surface area contributed by atoms with Gasteiger partial charge in [0, 0.05) is 24.2 Å². The Morgan fingerprint density at radius 2 is 2.05 bits per heavy atom. The van der Waals surface area contributed by atoms with Gasteiger partial charge < -0.3 is 15.0 Å². The molecule has 2 atom stereocenters. The Morgan fingerprint density at radius 1 is 1.30 bits per heavy atom. The van der Waals surface area contributed by atoms with Crippen molar-refractivity contribution in [2.24, 2.45) is 5.92 Å². The van der Waals surface area contributed by atoms with Gasteiger partial charge in [0.15, 0.2) is 0 Å². The molecule has 0 aromatic heterocycles. The van der Waals surface area contributed by atoms with Gasteiger partial charge in [-0.05, 0) is 52.3 Å². The van der Waals surface area contributed by atoms with Crippen molar-refractivity contribution in [2.45, 2.75) is 39.3 Å². The number of para-hydroxylation sites is 1. The number of rotatable bonds is 6. The van der Waals surface area contributed by atoms with Crippen molar-refractivity contribution in [3.05, 3.63) is 29.8 Å². The van der Waals surface area contributed by atoms with Gasteiger partial charge in [-0.3, -0.25) is 0 Å². The molecule has 1 saturated heterocycles. The standard InChI is InChI=1S/C17H28N2O/c1-13(2)19-10-9-15(12-19)11-18-14(3)16-7-5-6-8-17(16)20-4/h5-8,13-15,18H,9-12H2,1-4H3. The number of nitrogens with zero attached hydrogens (tertiary/aromatic N) is 1. The SMILES string of the molecule is COc1ccccc1C(C)NCC1CCN(C(C)C)C1. The lowest BCUT2D eigenvalue weighted by Crippen LogP contribution is -2.31. The molecule has 2 unspecified atom stereocenters. The van der Waals surface area contributed by atoms with E-state index in [-0.39, 0.29) is 0 Å². The van der Waals surface area contributed by atoms with Gasteiger partial charge in [-0.2, -0.15) is 0 Å². The zero-order valence-electron chi connectivity index (χ0n) is 13.2. The van der Waals surface area contributed by atoms with E-state index in [1.54, 1.807) is 7.11 Å². The van der Waals surface area contributed by atoms with Crippen LogP contribution in [0.3, 0.4) is 0 Å². The number of methoxy groups -OCH3 is 1.